The molecule has 3 amide bonds. The summed E-state index contributed by atoms with van der Waals surface area (Å²) < 4.78 is 16.1. The Morgan fingerprint density at radius 3 is 2.50 bits per heavy atom. The highest BCUT2D eigenvalue weighted by molar-refractivity contribution is 6.06. The van der Waals surface area contributed by atoms with Crippen molar-refractivity contribution in [3.63, 3.8) is 0 Å². The Balaban J connectivity index is 0.878. The maximum atomic E-state index is 13.4. The minimum atomic E-state index is -0.701. The number of aryl methyl sites for hydroxylation is 1. The van der Waals surface area contributed by atoms with Crippen molar-refractivity contribution in [2.45, 2.75) is 50.6 Å². The first-order valence-electron chi connectivity index (χ1n) is 18.6. The molecule has 2 aliphatic heterocycles. The van der Waals surface area contributed by atoms with Gasteiger partial charge in [-0.25, -0.2) is 4.79 Å². The van der Waals surface area contributed by atoms with Gasteiger partial charge in [-0.1, -0.05) is 6.07 Å². The molecule has 3 aromatic heterocycles. The van der Waals surface area contributed by atoms with Crippen LogP contribution in [0, 0.1) is 5.92 Å². The summed E-state index contributed by atoms with van der Waals surface area (Å²) in [5.74, 6) is 0.618. The number of piperazine rings is 1. The molecular weight excluding hydrogens is 690 g/mol. The van der Waals surface area contributed by atoms with E-state index in [0.29, 0.717) is 46.6 Å². The summed E-state index contributed by atoms with van der Waals surface area (Å²) in [5.41, 5.74) is 4.04. The third kappa shape index (κ3) is 6.68. The molecule has 0 spiro atoms. The molecule has 15 nitrogen and oxygen atoms in total. The van der Waals surface area contributed by atoms with Gasteiger partial charge in [0.15, 0.2) is 0 Å². The van der Waals surface area contributed by atoms with Gasteiger partial charge in [0, 0.05) is 70.0 Å². The fraction of sp³-hybridized carbons (Fsp3) is 0.436. The molecule has 282 valence electrons. The Hall–Kier alpha value is -5.70. The number of amides is 3. The lowest BCUT2D eigenvalue weighted by Gasteiger charge is -2.39. The Bertz CT molecular complexity index is 2290. The first-order valence-corrected chi connectivity index (χ1v) is 18.6. The number of hydrogen-bond acceptors (Lipinski definition) is 10. The molecule has 0 radical (unpaired) electrons. The molecule has 8 rings (SSSR count). The molecule has 2 saturated heterocycles. The number of carbonyl (C=O) groups is 3. The second kappa shape index (κ2) is 14.6. The predicted molar refractivity (Wildman–Crippen MR) is 203 cm³/mol. The zero-order valence-electron chi connectivity index (χ0n) is 30.8. The van der Waals surface area contributed by atoms with Gasteiger partial charge in [0.2, 0.25) is 11.8 Å². The van der Waals surface area contributed by atoms with Gasteiger partial charge >= 0.3 is 5.69 Å². The van der Waals surface area contributed by atoms with Crippen LogP contribution in [0.15, 0.2) is 59.8 Å². The van der Waals surface area contributed by atoms with E-state index in [1.165, 1.54) is 13.3 Å². The summed E-state index contributed by atoms with van der Waals surface area (Å²) in [7, 11) is 4.87. The van der Waals surface area contributed by atoms with E-state index in [-0.39, 0.29) is 23.9 Å². The number of nitrogens with zero attached hydrogens (tertiary/aromatic N) is 7. The number of pyridine rings is 1. The average molecular weight is 736 g/mol. The summed E-state index contributed by atoms with van der Waals surface area (Å²) in [6.45, 7) is 4.59. The van der Waals surface area contributed by atoms with Gasteiger partial charge in [-0.3, -0.25) is 43.4 Å². The number of fused-ring (bicyclic) bond motifs is 2. The number of para-hydroxylation sites is 1. The van der Waals surface area contributed by atoms with Crippen LogP contribution in [-0.4, -0.2) is 93.5 Å². The van der Waals surface area contributed by atoms with Gasteiger partial charge in [-0.05, 0) is 62.3 Å². The van der Waals surface area contributed by atoms with Gasteiger partial charge in [0.1, 0.15) is 17.5 Å². The zero-order chi connectivity index (χ0) is 37.5. The minimum absolute atomic E-state index is 0.215. The number of hydrogen-bond donors (Lipinski definition) is 2. The molecule has 15 heteroatoms. The normalized spacial score (nSPS) is 21.0. The Morgan fingerprint density at radius 2 is 1.76 bits per heavy atom. The molecule has 1 atom stereocenters. The number of rotatable bonds is 9. The first-order chi connectivity index (χ1) is 26.2. The fourth-order valence-corrected chi connectivity index (χ4v) is 8.41. The molecule has 1 unspecified atom stereocenters. The van der Waals surface area contributed by atoms with Crippen LogP contribution in [0.25, 0.3) is 21.9 Å². The lowest BCUT2D eigenvalue weighted by molar-refractivity contribution is -0.135. The predicted octanol–water partition coefficient (Wildman–Crippen LogP) is 3.89. The van der Waals surface area contributed by atoms with Crippen LogP contribution < -0.4 is 30.7 Å². The van der Waals surface area contributed by atoms with Gasteiger partial charge in [-0.2, -0.15) is 5.10 Å². The summed E-state index contributed by atoms with van der Waals surface area (Å²) in [5, 5.41) is 11.2. The topological polar surface area (TPSA) is 158 Å². The molecule has 2 N–H and O–H groups in total. The maximum absolute atomic E-state index is 13.4. The van der Waals surface area contributed by atoms with Gasteiger partial charge in [0.25, 0.3) is 5.91 Å². The van der Waals surface area contributed by atoms with Crippen molar-refractivity contribution >= 4 is 51.0 Å². The van der Waals surface area contributed by atoms with Crippen molar-refractivity contribution in [2.75, 3.05) is 57.2 Å². The third-order valence-corrected chi connectivity index (χ3v) is 11.3. The Labute approximate surface area is 311 Å². The molecule has 0 bridgehead atoms. The van der Waals surface area contributed by atoms with E-state index in [9.17, 15) is 19.2 Å². The van der Waals surface area contributed by atoms with Crippen molar-refractivity contribution in [1.29, 1.82) is 0 Å². The van der Waals surface area contributed by atoms with Crippen molar-refractivity contribution < 1.29 is 23.9 Å². The summed E-state index contributed by atoms with van der Waals surface area (Å²) in [6.07, 6.45) is 9.97. The molecule has 54 heavy (non-hydrogen) atoms. The fourth-order valence-electron chi connectivity index (χ4n) is 8.41. The van der Waals surface area contributed by atoms with Crippen molar-refractivity contribution in [3.05, 3.63) is 71.0 Å². The number of piperidine rings is 1. The highest BCUT2D eigenvalue weighted by atomic mass is 16.5. The van der Waals surface area contributed by atoms with Crippen molar-refractivity contribution in [1.82, 2.24) is 34.1 Å². The SMILES string of the molecule is COc1cncc(C(=O)Nc2cc3cn(C4CCC(CN5CCN(c6cccc7c6n(C)c(=O)n7C6CCC(=O)NC6=O)CC5)CC4)nc3cc2OC)c1. The van der Waals surface area contributed by atoms with Crippen LogP contribution in [0.4, 0.5) is 11.4 Å². The Morgan fingerprint density at radius 1 is 0.963 bits per heavy atom. The van der Waals surface area contributed by atoms with E-state index in [1.807, 2.05) is 24.3 Å². The maximum Gasteiger partial charge on any atom is 0.329 e. The van der Waals surface area contributed by atoms with Gasteiger partial charge in [-0.15, -0.1) is 0 Å². The number of ether oxygens (including phenoxy) is 2. The van der Waals surface area contributed by atoms with Crippen LogP contribution in [0.3, 0.4) is 0 Å². The molecule has 3 aliphatic rings. The molecule has 5 aromatic rings. The molecule has 1 saturated carbocycles. The summed E-state index contributed by atoms with van der Waals surface area (Å²) in [4.78, 5) is 59.9. The lowest BCUT2D eigenvalue weighted by Crippen LogP contribution is -2.48. The van der Waals surface area contributed by atoms with Crippen molar-refractivity contribution in [3.8, 4) is 11.5 Å². The van der Waals surface area contributed by atoms with Crippen LogP contribution in [0.5, 0.6) is 11.5 Å². The zero-order valence-corrected chi connectivity index (χ0v) is 30.8. The first kappa shape index (κ1) is 35.3. The van der Waals surface area contributed by atoms with E-state index in [4.69, 9.17) is 14.6 Å². The minimum Gasteiger partial charge on any atom is -0.495 e. The number of nitrogens with one attached hydrogen (secondary N) is 2. The quantitative estimate of drug-likeness (QED) is 0.213. The molecule has 3 fully saturated rings. The van der Waals surface area contributed by atoms with Crippen LogP contribution in [-0.2, 0) is 16.6 Å². The smallest absolute Gasteiger partial charge is 0.329 e. The number of imidazole rings is 1. The van der Waals surface area contributed by atoms with E-state index in [1.54, 1.807) is 35.6 Å². The third-order valence-electron chi connectivity index (χ3n) is 11.3. The molecule has 1 aliphatic carbocycles. The monoisotopic (exact) mass is 735 g/mol. The molecule has 5 heterocycles. The average Bonchev–Trinajstić information content (AvgIpc) is 3.72. The number of methoxy groups -OCH3 is 2. The second-order valence-corrected chi connectivity index (χ2v) is 14.6. The van der Waals surface area contributed by atoms with Crippen LogP contribution in [0.2, 0.25) is 0 Å². The number of benzene rings is 2. The standard InChI is InChI=1S/C39H45N9O6/c1-44-36-31(5-4-6-32(36)48(39(44)52)33-11-12-35(49)42-38(33)51)46-15-13-45(14-16-46)22-24-7-9-27(10-8-24)47-23-26-18-30(34(54-3)19-29(26)43-47)41-37(50)25-17-28(53-2)21-40-20-25/h4-6,17-21,23-24,27,33H,7-16,22H2,1-3H3,(H,41,50)(H,42,49,51). The van der Waals surface area contributed by atoms with Crippen LogP contribution >= 0.6 is 0 Å². The molecular formula is C39H45N9O6. The number of imide groups is 1. The number of aromatic nitrogens is 5. The highest BCUT2D eigenvalue weighted by Crippen LogP contribution is 2.36. The van der Waals surface area contributed by atoms with E-state index in [0.717, 1.165) is 80.5 Å². The summed E-state index contributed by atoms with van der Waals surface area (Å²) >= 11 is 0. The Kier molecular flexibility index (Phi) is 9.56. The van der Waals surface area contributed by atoms with E-state index in [2.05, 4.69) is 42.4 Å². The highest BCUT2D eigenvalue weighted by Gasteiger charge is 2.33. The van der Waals surface area contributed by atoms with Gasteiger partial charge in [0.05, 0.1) is 59.9 Å². The lowest BCUT2D eigenvalue weighted by atomic mass is 9.85. The largest absolute Gasteiger partial charge is 0.495 e. The van der Waals surface area contributed by atoms with Crippen molar-refractivity contribution in [2.24, 2.45) is 13.0 Å². The molecule has 2 aromatic carbocycles. The number of anilines is 2. The van der Waals surface area contributed by atoms with E-state index >= 15 is 0 Å². The second-order valence-electron chi connectivity index (χ2n) is 14.6. The van der Waals surface area contributed by atoms with Gasteiger partial charge < -0.3 is 19.7 Å². The summed E-state index contributed by atoms with van der Waals surface area (Å²) in [6, 6.07) is 10.9. The van der Waals surface area contributed by atoms with E-state index < -0.39 is 11.9 Å². The van der Waals surface area contributed by atoms with Crippen LogP contribution in [0.1, 0.15) is 61.0 Å². The number of carbonyl (C=O) groups excluding carboxylic acids is 3.